The standard InChI is InChI=1S/C14H21NO.H2/c1-5-8-15-14(16)12-6-7-13(10(2)3)11(4)9-12;/h6-7,9-10H,5,8H2,1-4H3,(H,15,16);1H. The summed E-state index contributed by atoms with van der Waals surface area (Å²) in [7, 11) is 0. The summed E-state index contributed by atoms with van der Waals surface area (Å²) in [6, 6.07) is 5.94. The lowest BCUT2D eigenvalue weighted by atomic mass is 9.96. The van der Waals surface area contributed by atoms with E-state index < -0.39 is 0 Å². The summed E-state index contributed by atoms with van der Waals surface area (Å²) in [5.74, 6) is 0.535. The van der Waals surface area contributed by atoms with Gasteiger partial charge in [0, 0.05) is 13.5 Å². The van der Waals surface area contributed by atoms with Crippen LogP contribution < -0.4 is 5.32 Å². The van der Waals surface area contributed by atoms with Crippen molar-refractivity contribution in [2.45, 2.75) is 40.0 Å². The van der Waals surface area contributed by atoms with Crippen LogP contribution in [-0.4, -0.2) is 12.5 Å². The third-order valence-corrected chi connectivity index (χ3v) is 2.69. The molecule has 1 aromatic carbocycles. The molecule has 0 radical (unpaired) electrons. The van der Waals surface area contributed by atoms with Crippen molar-refractivity contribution in [3.05, 3.63) is 34.9 Å². The summed E-state index contributed by atoms with van der Waals surface area (Å²) in [5, 5.41) is 2.89. The Morgan fingerprint density at radius 3 is 2.62 bits per heavy atom. The van der Waals surface area contributed by atoms with Crippen LogP contribution in [-0.2, 0) is 0 Å². The van der Waals surface area contributed by atoms with Crippen molar-refractivity contribution in [1.82, 2.24) is 5.32 Å². The molecule has 2 heteroatoms. The average molecular weight is 221 g/mol. The summed E-state index contributed by atoms with van der Waals surface area (Å²) < 4.78 is 0. The number of amides is 1. The van der Waals surface area contributed by atoms with E-state index in [0.717, 1.165) is 18.5 Å². The van der Waals surface area contributed by atoms with Crippen LogP contribution in [0.4, 0.5) is 0 Å². The summed E-state index contributed by atoms with van der Waals surface area (Å²) in [6.07, 6.45) is 0.967. The van der Waals surface area contributed by atoms with Crippen molar-refractivity contribution in [2.24, 2.45) is 0 Å². The average Bonchev–Trinajstić information content (AvgIpc) is 2.25. The lowest BCUT2D eigenvalue weighted by Gasteiger charge is -2.11. The molecule has 0 atom stereocenters. The minimum Gasteiger partial charge on any atom is -0.352 e. The molecule has 2 nitrogen and oxygen atoms in total. The van der Waals surface area contributed by atoms with Crippen LogP contribution >= 0.6 is 0 Å². The van der Waals surface area contributed by atoms with Gasteiger partial charge < -0.3 is 5.32 Å². The maximum Gasteiger partial charge on any atom is 0.251 e. The minimum absolute atomic E-state index is 0. The predicted molar refractivity (Wildman–Crippen MR) is 70.0 cm³/mol. The van der Waals surface area contributed by atoms with Crippen molar-refractivity contribution in [1.29, 1.82) is 0 Å². The molecule has 0 unspecified atom stereocenters. The molecule has 1 amide bonds. The second kappa shape index (κ2) is 5.69. The van der Waals surface area contributed by atoms with Gasteiger partial charge in [0.05, 0.1) is 0 Å². The first-order valence-corrected chi connectivity index (χ1v) is 5.95. The maximum atomic E-state index is 11.7. The molecule has 0 aromatic heterocycles. The van der Waals surface area contributed by atoms with E-state index >= 15 is 0 Å². The van der Waals surface area contributed by atoms with Crippen molar-refractivity contribution in [3.63, 3.8) is 0 Å². The Balaban J connectivity index is 0.00000256. The molecule has 90 valence electrons. The zero-order valence-corrected chi connectivity index (χ0v) is 10.6. The van der Waals surface area contributed by atoms with Gasteiger partial charge in [0.2, 0.25) is 0 Å². The number of rotatable bonds is 4. The van der Waals surface area contributed by atoms with Crippen LogP contribution in [0.5, 0.6) is 0 Å². The number of nitrogens with one attached hydrogen (secondary N) is 1. The van der Waals surface area contributed by atoms with E-state index in [1.54, 1.807) is 0 Å². The summed E-state index contributed by atoms with van der Waals surface area (Å²) >= 11 is 0. The normalized spacial score (nSPS) is 10.6. The molecule has 0 spiro atoms. The topological polar surface area (TPSA) is 29.1 Å². The van der Waals surface area contributed by atoms with Crippen LogP contribution in [0.2, 0.25) is 0 Å². The molecule has 0 aliphatic rings. The lowest BCUT2D eigenvalue weighted by molar-refractivity contribution is 0.0953. The molecule has 16 heavy (non-hydrogen) atoms. The third-order valence-electron chi connectivity index (χ3n) is 2.69. The quantitative estimate of drug-likeness (QED) is 0.828. The molecule has 0 heterocycles. The molecule has 0 saturated heterocycles. The van der Waals surface area contributed by atoms with Gasteiger partial charge in [-0.1, -0.05) is 26.8 Å². The molecule has 0 saturated carbocycles. The molecule has 0 bridgehead atoms. The third kappa shape index (κ3) is 3.09. The molecule has 0 aliphatic carbocycles. The molecule has 1 rings (SSSR count). The van der Waals surface area contributed by atoms with Gasteiger partial charge in [-0.3, -0.25) is 4.79 Å². The van der Waals surface area contributed by atoms with E-state index in [2.05, 4.69) is 32.2 Å². The second-order valence-corrected chi connectivity index (χ2v) is 4.48. The second-order valence-electron chi connectivity index (χ2n) is 4.48. The van der Waals surface area contributed by atoms with Crippen molar-refractivity contribution in [2.75, 3.05) is 6.54 Å². The van der Waals surface area contributed by atoms with Crippen LogP contribution in [0, 0.1) is 6.92 Å². The number of carbonyl (C=O) groups is 1. The highest BCUT2D eigenvalue weighted by molar-refractivity contribution is 5.94. The summed E-state index contributed by atoms with van der Waals surface area (Å²) in [6.45, 7) is 9.18. The van der Waals surface area contributed by atoms with Gasteiger partial charge in [0.15, 0.2) is 0 Å². The molecule has 1 N–H and O–H groups in total. The fourth-order valence-corrected chi connectivity index (χ4v) is 1.81. The van der Waals surface area contributed by atoms with Crippen LogP contribution in [0.3, 0.4) is 0 Å². The van der Waals surface area contributed by atoms with Crippen molar-refractivity contribution >= 4 is 5.91 Å². The van der Waals surface area contributed by atoms with Gasteiger partial charge >= 0.3 is 0 Å². The highest BCUT2D eigenvalue weighted by Crippen LogP contribution is 2.19. The zero-order chi connectivity index (χ0) is 12.1. The van der Waals surface area contributed by atoms with Gasteiger partial charge in [-0.15, -0.1) is 0 Å². The Labute approximate surface area is 99.5 Å². The SMILES string of the molecule is CCCNC(=O)c1ccc(C(C)C)c(C)c1.[HH]. The smallest absolute Gasteiger partial charge is 0.251 e. The first-order chi connectivity index (χ1) is 7.56. The maximum absolute atomic E-state index is 11.7. The minimum atomic E-state index is 0. The Hall–Kier alpha value is -1.31. The van der Waals surface area contributed by atoms with Gasteiger partial charge in [-0.05, 0) is 42.5 Å². The largest absolute Gasteiger partial charge is 0.352 e. The Morgan fingerprint density at radius 1 is 1.44 bits per heavy atom. The predicted octanol–water partition coefficient (Wildman–Crippen LogP) is 3.50. The highest BCUT2D eigenvalue weighted by atomic mass is 16.1. The van der Waals surface area contributed by atoms with Crippen molar-refractivity contribution < 1.29 is 6.22 Å². The fraction of sp³-hybridized carbons (Fsp3) is 0.500. The summed E-state index contributed by atoms with van der Waals surface area (Å²) in [5.41, 5.74) is 3.27. The van der Waals surface area contributed by atoms with E-state index in [1.807, 2.05) is 19.1 Å². The van der Waals surface area contributed by atoms with Crippen LogP contribution in [0.15, 0.2) is 18.2 Å². The zero-order valence-electron chi connectivity index (χ0n) is 10.6. The van der Waals surface area contributed by atoms with E-state index in [-0.39, 0.29) is 7.33 Å². The molecule has 0 fully saturated rings. The number of carbonyl (C=O) groups excluding carboxylic acids is 1. The number of benzene rings is 1. The van der Waals surface area contributed by atoms with Gasteiger partial charge in [0.25, 0.3) is 5.91 Å². The molecular formula is C14H23NO. The van der Waals surface area contributed by atoms with E-state index in [0.29, 0.717) is 5.92 Å². The van der Waals surface area contributed by atoms with E-state index in [4.69, 9.17) is 0 Å². The number of hydrogen-bond acceptors (Lipinski definition) is 1. The first-order valence-electron chi connectivity index (χ1n) is 5.95. The number of hydrogen-bond donors (Lipinski definition) is 1. The molecule has 1 aromatic rings. The van der Waals surface area contributed by atoms with Gasteiger partial charge in [-0.25, -0.2) is 0 Å². The molecule has 0 aliphatic heterocycles. The van der Waals surface area contributed by atoms with Gasteiger partial charge in [-0.2, -0.15) is 0 Å². The van der Waals surface area contributed by atoms with Crippen LogP contribution in [0.25, 0.3) is 0 Å². The molecular weight excluding hydrogens is 198 g/mol. The van der Waals surface area contributed by atoms with Crippen LogP contribution in [0.1, 0.15) is 56.0 Å². The monoisotopic (exact) mass is 221 g/mol. The first kappa shape index (κ1) is 12.8. The Kier molecular flexibility index (Phi) is 4.53. The lowest BCUT2D eigenvalue weighted by Crippen LogP contribution is -2.24. The fourth-order valence-electron chi connectivity index (χ4n) is 1.81. The number of aryl methyl sites for hydroxylation is 1. The van der Waals surface area contributed by atoms with Crippen molar-refractivity contribution in [3.8, 4) is 0 Å². The highest BCUT2D eigenvalue weighted by Gasteiger charge is 2.08. The van der Waals surface area contributed by atoms with E-state index in [1.165, 1.54) is 11.1 Å². The Morgan fingerprint density at radius 2 is 2.12 bits per heavy atom. The van der Waals surface area contributed by atoms with E-state index in [9.17, 15) is 4.79 Å². The Bertz CT molecular complexity index is 374. The van der Waals surface area contributed by atoms with Gasteiger partial charge in [0.1, 0.15) is 0 Å². The summed E-state index contributed by atoms with van der Waals surface area (Å²) in [4.78, 5) is 11.7.